The van der Waals surface area contributed by atoms with Gasteiger partial charge in [0.25, 0.3) is 5.91 Å². The van der Waals surface area contributed by atoms with E-state index in [-0.39, 0.29) is 12.5 Å². The molecular weight excluding hydrogens is 330 g/mol. The summed E-state index contributed by atoms with van der Waals surface area (Å²) in [6, 6.07) is 7.21. The van der Waals surface area contributed by atoms with Gasteiger partial charge in [-0.1, -0.05) is 26.0 Å². The van der Waals surface area contributed by atoms with Crippen LogP contribution in [-0.2, 0) is 11.3 Å². The molecule has 1 aliphatic rings. The summed E-state index contributed by atoms with van der Waals surface area (Å²) in [5.74, 6) is 0.0539. The van der Waals surface area contributed by atoms with Gasteiger partial charge in [-0.15, -0.1) is 0 Å². The lowest BCUT2D eigenvalue weighted by molar-refractivity contribution is -0.117. The van der Waals surface area contributed by atoms with Gasteiger partial charge in [0.2, 0.25) is 5.91 Å². The Kier molecular flexibility index (Phi) is 6.60. The Hall–Kier alpha value is -2.57. The molecule has 1 fully saturated rings. The first kappa shape index (κ1) is 19.8. The summed E-state index contributed by atoms with van der Waals surface area (Å²) >= 11 is 0. The largest absolute Gasteiger partial charge is 0.368 e. The number of aliphatic imine (C=N–C) groups is 1. The van der Waals surface area contributed by atoms with Crippen molar-refractivity contribution in [1.82, 2.24) is 15.5 Å². The highest BCUT2D eigenvalue weighted by molar-refractivity contribution is 5.96. The van der Waals surface area contributed by atoms with Crippen LogP contribution in [0.4, 0.5) is 0 Å². The second kappa shape index (κ2) is 8.69. The van der Waals surface area contributed by atoms with E-state index < -0.39 is 5.91 Å². The highest BCUT2D eigenvalue weighted by atomic mass is 16.2. The number of benzene rings is 1. The molecule has 0 radical (unpaired) electrons. The van der Waals surface area contributed by atoms with Gasteiger partial charge in [-0.2, -0.15) is 0 Å². The molecule has 0 unspecified atom stereocenters. The number of nitrogens with one attached hydrogen (secondary N) is 2. The number of nitrogens with two attached hydrogens (primary N) is 1. The second-order valence-electron chi connectivity index (χ2n) is 7.35. The number of likely N-dealkylation sites (tertiary alicyclic amines) is 1. The number of hydrogen-bond donors (Lipinski definition) is 3. The van der Waals surface area contributed by atoms with E-state index in [4.69, 9.17) is 10.7 Å². The van der Waals surface area contributed by atoms with E-state index in [1.54, 1.807) is 12.1 Å². The van der Waals surface area contributed by atoms with Gasteiger partial charge in [0.05, 0.1) is 13.1 Å². The van der Waals surface area contributed by atoms with Crippen molar-refractivity contribution in [3.05, 3.63) is 35.4 Å². The lowest BCUT2D eigenvalue weighted by Gasteiger charge is -2.23. The van der Waals surface area contributed by atoms with Gasteiger partial charge in [-0.05, 0) is 36.5 Å². The number of guanidine groups is 1. The third-order valence-electron chi connectivity index (χ3n) is 4.36. The minimum atomic E-state index is -0.564. The van der Waals surface area contributed by atoms with Crippen LogP contribution < -0.4 is 16.4 Å². The van der Waals surface area contributed by atoms with Crippen molar-refractivity contribution >= 4 is 17.8 Å². The first-order valence-corrected chi connectivity index (χ1v) is 8.99. The maximum atomic E-state index is 11.9. The lowest BCUT2D eigenvalue weighted by Crippen LogP contribution is -2.40. The molecule has 1 aromatic rings. The van der Waals surface area contributed by atoms with E-state index in [0.29, 0.717) is 17.5 Å². The zero-order chi connectivity index (χ0) is 19.2. The molecule has 0 aromatic heterocycles. The Morgan fingerprint density at radius 2 is 1.92 bits per heavy atom. The van der Waals surface area contributed by atoms with Gasteiger partial charge in [0.1, 0.15) is 0 Å². The van der Waals surface area contributed by atoms with Crippen molar-refractivity contribution in [1.29, 1.82) is 0 Å². The van der Waals surface area contributed by atoms with E-state index in [1.165, 1.54) is 0 Å². The standard InChI is InChI=1S/C19H29N5O2/c1-4-21-18(24-10-9-19(2,3)13-24)23-11-14-5-7-15(8-6-14)17(26)22-12-16(20)25/h5-8H,4,9-13H2,1-3H3,(H2,20,25)(H,21,23)(H,22,26). The fraction of sp³-hybridized carbons (Fsp3) is 0.526. The topological polar surface area (TPSA) is 99.8 Å². The van der Waals surface area contributed by atoms with Crippen LogP contribution in [0.15, 0.2) is 29.3 Å². The molecule has 0 spiro atoms. The molecule has 26 heavy (non-hydrogen) atoms. The molecule has 7 heteroatoms. The van der Waals surface area contributed by atoms with Crippen LogP contribution >= 0.6 is 0 Å². The summed E-state index contributed by atoms with van der Waals surface area (Å²) in [6.45, 7) is 9.84. The fourth-order valence-corrected chi connectivity index (χ4v) is 2.92. The van der Waals surface area contributed by atoms with Crippen LogP contribution in [0, 0.1) is 5.41 Å². The Bertz CT molecular complexity index is 667. The monoisotopic (exact) mass is 359 g/mol. The molecule has 0 bridgehead atoms. The number of carbonyl (C=O) groups is 2. The molecule has 1 aliphatic heterocycles. The highest BCUT2D eigenvalue weighted by Crippen LogP contribution is 2.28. The highest BCUT2D eigenvalue weighted by Gasteiger charge is 2.30. The average molecular weight is 359 g/mol. The average Bonchev–Trinajstić information content (AvgIpc) is 2.96. The molecule has 142 valence electrons. The number of carbonyl (C=O) groups excluding carboxylic acids is 2. The maximum Gasteiger partial charge on any atom is 0.251 e. The van der Waals surface area contributed by atoms with Crippen molar-refractivity contribution in [3.8, 4) is 0 Å². The predicted molar refractivity (Wildman–Crippen MR) is 103 cm³/mol. The molecule has 2 amide bonds. The molecule has 1 saturated heterocycles. The van der Waals surface area contributed by atoms with Gasteiger partial charge >= 0.3 is 0 Å². The summed E-state index contributed by atoms with van der Waals surface area (Å²) in [7, 11) is 0. The molecule has 4 N–H and O–H groups in total. The summed E-state index contributed by atoms with van der Waals surface area (Å²) in [4.78, 5) is 29.6. The lowest BCUT2D eigenvalue weighted by atomic mass is 9.93. The van der Waals surface area contributed by atoms with Crippen LogP contribution in [0.1, 0.15) is 43.1 Å². The third-order valence-corrected chi connectivity index (χ3v) is 4.36. The summed E-state index contributed by atoms with van der Waals surface area (Å²) in [6.07, 6.45) is 1.16. The zero-order valence-corrected chi connectivity index (χ0v) is 15.8. The molecule has 1 aromatic carbocycles. The van der Waals surface area contributed by atoms with E-state index in [9.17, 15) is 9.59 Å². The molecular formula is C19H29N5O2. The van der Waals surface area contributed by atoms with E-state index in [0.717, 1.165) is 37.6 Å². The Balaban J connectivity index is 1.99. The quantitative estimate of drug-likeness (QED) is 0.523. The Morgan fingerprint density at radius 1 is 1.23 bits per heavy atom. The number of rotatable bonds is 6. The SMILES string of the molecule is CCNC(=NCc1ccc(C(=O)NCC(N)=O)cc1)N1CCC(C)(C)C1. The van der Waals surface area contributed by atoms with Gasteiger partial charge in [-0.3, -0.25) is 9.59 Å². The van der Waals surface area contributed by atoms with E-state index >= 15 is 0 Å². The second-order valence-corrected chi connectivity index (χ2v) is 7.35. The molecule has 0 aliphatic carbocycles. The number of primary amides is 1. The Labute approximate surface area is 155 Å². The first-order chi connectivity index (χ1) is 12.3. The number of hydrogen-bond acceptors (Lipinski definition) is 3. The minimum absolute atomic E-state index is 0.164. The molecule has 1 heterocycles. The number of amides is 2. The van der Waals surface area contributed by atoms with Crippen LogP contribution in [0.2, 0.25) is 0 Å². The van der Waals surface area contributed by atoms with Crippen LogP contribution in [0.3, 0.4) is 0 Å². The molecule has 0 atom stereocenters. The van der Waals surface area contributed by atoms with Crippen molar-refractivity contribution < 1.29 is 9.59 Å². The van der Waals surface area contributed by atoms with Crippen molar-refractivity contribution in [2.24, 2.45) is 16.1 Å². The molecule has 2 rings (SSSR count). The smallest absolute Gasteiger partial charge is 0.251 e. The van der Waals surface area contributed by atoms with Gasteiger partial charge in [-0.25, -0.2) is 4.99 Å². The maximum absolute atomic E-state index is 11.9. The summed E-state index contributed by atoms with van der Waals surface area (Å²) < 4.78 is 0. The number of nitrogens with zero attached hydrogens (tertiary/aromatic N) is 2. The summed E-state index contributed by atoms with van der Waals surface area (Å²) in [5, 5.41) is 5.83. The normalized spacial score (nSPS) is 16.4. The zero-order valence-electron chi connectivity index (χ0n) is 15.8. The van der Waals surface area contributed by atoms with Gasteiger partial charge in [0, 0.05) is 25.2 Å². The van der Waals surface area contributed by atoms with Gasteiger partial charge in [0.15, 0.2) is 5.96 Å². The van der Waals surface area contributed by atoms with Crippen LogP contribution in [0.25, 0.3) is 0 Å². The van der Waals surface area contributed by atoms with E-state index in [1.807, 2.05) is 12.1 Å². The van der Waals surface area contributed by atoms with Gasteiger partial charge < -0.3 is 21.3 Å². The predicted octanol–water partition coefficient (Wildman–Crippen LogP) is 1.10. The van der Waals surface area contributed by atoms with Crippen molar-refractivity contribution in [3.63, 3.8) is 0 Å². The van der Waals surface area contributed by atoms with Crippen LogP contribution in [0.5, 0.6) is 0 Å². The van der Waals surface area contributed by atoms with Crippen molar-refractivity contribution in [2.75, 3.05) is 26.2 Å². The van der Waals surface area contributed by atoms with Crippen LogP contribution in [-0.4, -0.2) is 48.9 Å². The molecule has 7 nitrogen and oxygen atoms in total. The fourth-order valence-electron chi connectivity index (χ4n) is 2.92. The Morgan fingerprint density at radius 3 is 2.46 bits per heavy atom. The minimum Gasteiger partial charge on any atom is -0.368 e. The first-order valence-electron chi connectivity index (χ1n) is 8.99. The molecule has 0 saturated carbocycles. The third kappa shape index (κ3) is 5.75. The van der Waals surface area contributed by atoms with Crippen molar-refractivity contribution in [2.45, 2.75) is 33.7 Å². The summed E-state index contributed by atoms with van der Waals surface area (Å²) in [5.41, 5.74) is 6.85. The van der Waals surface area contributed by atoms with E-state index in [2.05, 4.69) is 36.3 Å².